The minimum Gasteiger partial charge on any atom is -0.481 e. The summed E-state index contributed by atoms with van der Waals surface area (Å²) >= 11 is 0. The Morgan fingerprint density at radius 1 is 1.55 bits per heavy atom. The Kier molecular flexibility index (Phi) is 1.78. The first-order chi connectivity index (χ1) is 5.01. The normalized spacial score (nSPS) is 34.1. The first-order valence-corrected chi connectivity index (χ1v) is 3.87. The van der Waals surface area contributed by atoms with E-state index < -0.39 is 5.97 Å². The number of allylic oxidation sites excluding steroid dienone is 2. The first kappa shape index (κ1) is 8.31. The van der Waals surface area contributed by atoms with Crippen molar-refractivity contribution in [2.75, 3.05) is 0 Å². The fourth-order valence-corrected chi connectivity index (χ4v) is 1.72. The zero-order valence-electron chi connectivity index (χ0n) is 7.16. The van der Waals surface area contributed by atoms with E-state index >= 15 is 0 Å². The lowest BCUT2D eigenvalue weighted by Crippen LogP contribution is -2.02. The highest BCUT2D eigenvalue weighted by molar-refractivity contribution is 5.76. The number of rotatable bonds is 2. The lowest BCUT2D eigenvalue weighted by atomic mass is 10.1. The van der Waals surface area contributed by atoms with Crippen molar-refractivity contribution in [3.05, 3.63) is 12.2 Å². The summed E-state index contributed by atoms with van der Waals surface area (Å²) in [7, 11) is 0. The van der Waals surface area contributed by atoms with Crippen LogP contribution < -0.4 is 0 Å². The average molecular weight is 154 g/mol. The number of hydrogen-bond donors (Lipinski definition) is 1. The zero-order valence-corrected chi connectivity index (χ0v) is 7.16. The first-order valence-electron chi connectivity index (χ1n) is 3.87. The van der Waals surface area contributed by atoms with Gasteiger partial charge in [0.05, 0.1) is 5.92 Å². The van der Waals surface area contributed by atoms with E-state index in [2.05, 4.69) is 0 Å². The van der Waals surface area contributed by atoms with Gasteiger partial charge in [0.15, 0.2) is 0 Å². The second-order valence-electron chi connectivity index (χ2n) is 3.69. The van der Waals surface area contributed by atoms with Gasteiger partial charge in [-0.3, -0.25) is 4.79 Å². The summed E-state index contributed by atoms with van der Waals surface area (Å²) in [6, 6.07) is 0. The molecule has 1 aliphatic rings. The molecule has 0 aromatic heterocycles. The van der Waals surface area contributed by atoms with Gasteiger partial charge in [-0.05, 0) is 18.3 Å². The largest absolute Gasteiger partial charge is 0.481 e. The molecule has 1 N–H and O–H groups in total. The summed E-state index contributed by atoms with van der Waals surface area (Å²) in [5, 5.41) is 8.75. The summed E-state index contributed by atoms with van der Waals surface area (Å²) in [6.07, 6.45) is 3.91. The molecule has 0 radical (unpaired) electrons. The fraction of sp³-hybridized carbons (Fsp3) is 0.667. The number of carboxylic acids is 1. The smallest absolute Gasteiger partial charge is 0.307 e. The summed E-state index contributed by atoms with van der Waals surface area (Å²) in [4.78, 5) is 10.6. The van der Waals surface area contributed by atoms with Crippen LogP contribution in [0.4, 0.5) is 0 Å². The topological polar surface area (TPSA) is 37.3 Å². The van der Waals surface area contributed by atoms with Gasteiger partial charge in [0, 0.05) is 0 Å². The van der Waals surface area contributed by atoms with Crippen molar-refractivity contribution in [3.63, 3.8) is 0 Å². The summed E-state index contributed by atoms with van der Waals surface area (Å²) in [5.74, 6) is -0.596. The predicted octanol–water partition coefficient (Wildman–Crippen LogP) is 1.92. The Morgan fingerprint density at radius 3 is 2.36 bits per heavy atom. The van der Waals surface area contributed by atoms with E-state index in [1.165, 1.54) is 0 Å². The predicted molar refractivity (Wildman–Crippen MR) is 43.2 cm³/mol. The Bertz CT molecular complexity index is 204. The van der Waals surface area contributed by atoms with Crippen molar-refractivity contribution in [2.24, 2.45) is 17.3 Å². The summed E-state index contributed by atoms with van der Waals surface area (Å²) in [6.45, 7) is 5.92. The number of hydrogen-bond acceptors (Lipinski definition) is 1. The van der Waals surface area contributed by atoms with Gasteiger partial charge in [-0.2, -0.15) is 0 Å². The van der Waals surface area contributed by atoms with Gasteiger partial charge in [0.25, 0.3) is 0 Å². The lowest BCUT2D eigenvalue weighted by molar-refractivity contribution is -0.139. The molecule has 62 valence electrons. The maximum absolute atomic E-state index is 10.6. The van der Waals surface area contributed by atoms with Crippen LogP contribution in [0.2, 0.25) is 0 Å². The van der Waals surface area contributed by atoms with Crippen molar-refractivity contribution in [1.29, 1.82) is 0 Å². The van der Waals surface area contributed by atoms with E-state index in [9.17, 15) is 4.79 Å². The molecule has 0 amide bonds. The molecule has 0 heterocycles. The van der Waals surface area contributed by atoms with Crippen LogP contribution >= 0.6 is 0 Å². The van der Waals surface area contributed by atoms with Crippen LogP contribution in [-0.2, 0) is 4.79 Å². The third-order valence-electron chi connectivity index (χ3n) is 2.58. The molecule has 2 nitrogen and oxygen atoms in total. The van der Waals surface area contributed by atoms with Crippen LogP contribution in [0.25, 0.3) is 0 Å². The van der Waals surface area contributed by atoms with Gasteiger partial charge in [0.2, 0.25) is 0 Å². The molecule has 0 spiro atoms. The maximum Gasteiger partial charge on any atom is 0.307 e. The molecule has 0 aromatic carbocycles. The number of carboxylic acid groups (broad SMARTS) is 1. The molecular formula is C9H14O2. The zero-order chi connectivity index (χ0) is 8.65. The Morgan fingerprint density at radius 2 is 2.09 bits per heavy atom. The van der Waals surface area contributed by atoms with Crippen LogP contribution in [0, 0.1) is 17.3 Å². The second-order valence-corrected chi connectivity index (χ2v) is 3.69. The van der Waals surface area contributed by atoms with E-state index in [-0.39, 0.29) is 17.3 Å². The van der Waals surface area contributed by atoms with Crippen LogP contribution in [0.5, 0.6) is 0 Å². The van der Waals surface area contributed by atoms with E-state index in [0.29, 0.717) is 0 Å². The average Bonchev–Trinajstić information content (AvgIpc) is 2.35. The van der Waals surface area contributed by atoms with Crippen LogP contribution in [0.15, 0.2) is 12.2 Å². The van der Waals surface area contributed by atoms with Crippen molar-refractivity contribution in [2.45, 2.75) is 20.8 Å². The quantitative estimate of drug-likeness (QED) is 0.617. The molecule has 1 aliphatic carbocycles. The Labute approximate surface area is 66.9 Å². The number of aliphatic carboxylic acids is 1. The van der Waals surface area contributed by atoms with Crippen molar-refractivity contribution >= 4 is 5.97 Å². The molecule has 0 bridgehead atoms. The van der Waals surface area contributed by atoms with E-state index in [0.717, 1.165) is 0 Å². The second kappa shape index (κ2) is 2.36. The summed E-state index contributed by atoms with van der Waals surface area (Å²) in [5.41, 5.74) is -0.0294. The molecule has 0 aliphatic heterocycles. The number of carbonyl (C=O) groups is 1. The van der Waals surface area contributed by atoms with Gasteiger partial charge in [-0.1, -0.05) is 26.0 Å². The molecule has 1 rings (SSSR count). The molecule has 1 unspecified atom stereocenters. The van der Waals surface area contributed by atoms with Crippen molar-refractivity contribution in [3.8, 4) is 0 Å². The van der Waals surface area contributed by atoms with Crippen LogP contribution in [0.3, 0.4) is 0 Å². The minimum atomic E-state index is -0.668. The Hall–Kier alpha value is -0.790. The lowest BCUT2D eigenvalue weighted by Gasteiger charge is -1.95. The van der Waals surface area contributed by atoms with Gasteiger partial charge >= 0.3 is 5.97 Å². The highest BCUT2D eigenvalue weighted by Gasteiger charge is 2.60. The molecule has 11 heavy (non-hydrogen) atoms. The highest BCUT2D eigenvalue weighted by Crippen LogP contribution is 2.58. The van der Waals surface area contributed by atoms with Crippen molar-refractivity contribution < 1.29 is 9.90 Å². The molecule has 2 atom stereocenters. The van der Waals surface area contributed by atoms with Crippen LogP contribution in [-0.4, -0.2) is 11.1 Å². The monoisotopic (exact) mass is 154 g/mol. The maximum atomic E-state index is 10.6. The standard InChI is InChI=1S/C9H14O2/c1-4-5-6-7(8(10)11)9(6,2)3/h4-7H,1-3H3,(H,10,11)/b5-4-/t6?,7-/m0/s1. The van der Waals surface area contributed by atoms with Gasteiger partial charge < -0.3 is 5.11 Å². The van der Waals surface area contributed by atoms with Crippen LogP contribution in [0.1, 0.15) is 20.8 Å². The summed E-state index contributed by atoms with van der Waals surface area (Å²) < 4.78 is 0. The Balaban J connectivity index is 2.68. The van der Waals surface area contributed by atoms with Crippen molar-refractivity contribution in [1.82, 2.24) is 0 Å². The van der Waals surface area contributed by atoms with E-state index in [1.807, 2.05) is 32.9 Å². The fourth-order valence-electron chi connectivity index (χ4n) is 1.72. The van der Waals surface area contributed by atoms with E-state index in [1.54, 1.807) is 0 Å². The molecular weight excluding hydrogens is 140 g/mol. The minimum absolute atomic E-state index is 0.0294. The third-order valence-corrected chi connectivity index (χ3v) is 2.58. The highest BCUT2D eigenvalue weighted by atomic mass is 16.4. The van der Waals surface area contributed by atoms with Gasteiger partial charge in [-0.15, -0.1) is 0 Å². The molecule has 1 fully saturated rings. The third kappa shape index (κ3) is 1.17. The molecule has 2 heteroatoms. The van der Waals surface area contributed by atoms with Gasteiger partial charge in [-0.25, -0.2) is 0 Å². The SMILES string of the molecule is C/C=C\C1[C@@H](C(=O)O)C1(C)C. The molecule has 1 saturated carbocycles. The molecule has 0 saturated heterocycles. The molecule has 0 aromatic rings. The van der Waals surface area contributed by atoms with E-state index in [4.69, 9.17) is 5.11 Å². The van der Waals surface area contributed by atoms with Gasteiger partial charge in [0.1, 0.15) is 0 Å².